The van der Waals surface area contributed by atoms with Crippen molar-refractivity contribution in [2.45, 2.75) is 38.8 Å². The molecule has 0 saturated carbocycles. The van der Waals surface area contributed by atoms with Gasteiger partial charge in [0.1, 0.15) is 5.82 Å². The van der Waals surface area contributed by atoms with E-state index in [1.165, 1.54) is 0 Å². The van der Waals surface area contributed by atoms with Crippen molar-refractivity contribution in [1.82, 2.24) is 4.98 Å². The van der Waals surface area contributed by atoms with Crippen molar-refractivity contribution >= 4 is 11.8 Å². The van der Waals surface area contributed by atoms with Crippen LogP contribution >= 0.6 is 0 Å². The first kappa shape index (κ1) is 12.8. The molecule has 98 valence electrons. The van der Waals surface area contributed by atoms with Gasteiger partial charge in [-0.2, -0.15) is 0 Å². The van der Waals surface area contributed by atoms with Gasteiger partial charge in [0.2, 0.25) is 0 Å². The molecule has 1 aromatic rings. The molecule has 0 amide bonds. The molecule has 2 N–H and O–H groups in total. The molecule has 1 aromatic heterocycles. The third-order valence-corrected chi connectivity index (χ3v) is 3.10. The molecule has 0 aliphatic carbocycles. The van der Waals surface area contributed by atoms with Crippen LogP contribution in [-0.2, 0) is 4.74 Å². The third-order valence-electron chi connectivity index (χ3n) is 3.10. The molecular weight excluding hydrogens is 232 g/mol. The minimum atomic E-state index is -0.937. The zero-order chi connectivity index (χ0) is 13.1. The summed E-state index contributed by atoms with van der Waals surface area (Å²) in [6, 6.07) is 3.24. The fraction of sp³-hybridized carbons (Fsp3) is 0.538. The summed E-state index contributed by atoms with van der Waals surface area (Å²) in [5, 5.41) is 12.2. The predicted octanol–water partition coefficient (Wildman–Crippen LogP) is 2.07. The number of hydrogen-bond acceptors (Lipinski definition) is 4. The van der Waals surface area contributed by atoms with Crippen LogP contribution in [-0.4, -0.2) is 34.8 Å². The van der Waals surface area contributed by atoms with Gasteiger partial charge in [0.15, 0.2) is 0 Å². The number of nitrogens with zero attached hydrogens (tertiary/aromatic N) is 1. The van der Waals surface area contributed by atoms with Gasteiger partial charge in [-0.05, 0) is 38.8 Å². The lowest BCUT2D eigenvalue weighted by molar-refractivity contribution is 0.0696. The van der Waals surface area contributed by atoms with E-state index in [4.69, 9.17) is 9.84 Å². The van der Waals surface area contributed by atoms with Crippen LogP contribution in [0.15, 0.2) is 12.1 Å². The van der Waals surface area contributed by atoms with Gasteiger partial charge in [0.25, 0.3) is 0 Å². The van der Waals surface area contributed by atoms with Crippen molar-refractivity contribution in [3.63, 3.8) is 0 Å². The molecule has 18 heavy (non-hydrogen) atoms. The van der Waals surface area contributed by atoms with Crippen LogP contribution in [0.2, 0.25) is 0 Å². The fourth-order valence-corrected chi connectivity index (χ4v) is 2.19. The van der Waals surface area contributed by atoms with Crippen LogP contribution in [0.25, 0.3) is 0 Å². The van der Waals surface area contributed by atoms with E-state index in [0.717, 1.165) is 19.4 Å². The van der Waals surface area contributed by atoms with E-state index in [9.17, 15) is 4.79 Å². The average molecular weight is 250 g/mol. The monoisotopic (exact) mass is 250 g/mol. The second-order valence-electron chi connectivity index (χ2n) is 4.67. The summed E-state index contributed by atoms with van der Waals surface area (Å²) in [6.45, 7) is 4.62. The molecular formula is C13H18N2O3. The maximum absolute atomic E-state index is 11.0. The third kappa shape index (κ3) is 2.98. The Kier molecular flexibility index (Phi) is 3.81. The van der Waals surface area contributed by atoms with Crippen LogP contribution in [0.1, 0.15) is 35.8 Å². The maximum atomic E-state index is 11.0. The lowest BCUT2D eigenvalue weighted by Crippen LogP contribution is -2.30. The Labute approximate surface area is 106 Å². The van der Waals surface area contributed by atoms with E-state index < -0.39 is 5.97 Å². The standard InChI is InChI=1S/C13H18N2O3/c1-8-6-10(13(16)17)7-12(14-8)15-9(2)11-4-3-5-18-11/h6-7,9,11H,3-5H2,1-2H3,(H,14,15)(H,16,17). The molecule has 2 heterocycles. The molecule has 2 rings (SSSR count). The van der Waals surface area contributed by atoms with E-state index in [1.54, 1.807) is 19.1 Å². The zero-order valence-corrected chi connectivity index (χ0v) is 10.6. The topological polar surface area (TPSA) is 71.5 Å². The average Bonchev–Trinajstić information content (AvgIpc) is 2.81. The second kappa shape index (κ2) is 5.35. The van der Waals surface area contributed by atoms with Crippen LogP contribution in [0.3, 0.4) is 0 Å². The molecule has 0 spiro atoms. The van der Waals surface area contributed by atoms with Gasteiger partial charge in [-0.1, -0.05) is 0 Å². The molecule has 5 heteroatoms. The number of anilines is 1. The number of carbonyl (C=O) groups is 1. The highest BCUT2D eigenvalue weighted by Gasteiger charge is 2.22. The highest BCUT2D eigenvalue weighted by atomic mass is 16.5. The number of nitrogens with one attached hydrogen (secondary N) is 1. The highest BCUT2D eigenvalue weighted by Crippen LogP contribution is 2.19. The van der Waals surface area contributed by atoms with Crippen molar-refractivity contribution in [1.29, 1.82) is 0 Å². The van der Waals surface area contributed by atoms with E-state index >= 15 is 0 Å². The van der Waals surface area contributed by atoms with Crippen molar-refractivity contribution < 1.29 is 14.6 Å². The largest absolute Gasteiger partial charge is 0.478 e. The summed E-state index contributed by atoms with van der Waals surface area (Å²) in [5.74, 6) is -0.344. The maximum Gasteiger partial charge on any atom is 0.335 e. The van der Waals surface area contributed by atoms with Crippen LogP contribution < -0.4 is 5.32 Å². The number of pyridine rings is 1. The lowest BCUT2D eigenvalue weighted by atomic mass is 10.1. The SMILES string of the molecule is Cc1cc(C(=O)O)cc(NC(C)C2CCCO2)n1. The molecule has 1 aliphatic heterocycles. The summed E-state index contributed by atoms with van der Waals surface area (Å²) >= 11 is 0. The van der Waals surface area contributed by atoms with E-state index in [-0.39, 0.29) is 17.7 Å². The van der Waals surface area contributed by atoms with E-state index in [2.05, 4.69) is 10.3 Å². The number of hydrogen-bond donors (Lipinski definition) is 2. The van der Waals surface area contributed by atoms with Gasteiger partial charge < -0.3 is 15.2 Å². The smallest absolute Gasteiger partial charge is 0.335 e. The number of carboxylic acid groups (broad SMARTS) is 1. The minimum Gasteiger partial charge on any atom is -0.478 e. The molecule has 1 aliphatic rings. The Morgan fingerprint density at radius 2 is 2.39 bits per heavy atom. The van der Waals surface area contributed by atoms with Gasteiger partial charge in [0.05, 0.1) is 17.7 Å². The zero-order valence-electron chi connectivity index (χ0n) is 10.6. The van der Waals surface area contributed by atoms with Gasteiger partial charge in [-0.25, -0.2) is 9.78 Å². The Balaban J connectivity index is 2.10. The first-order chi connectivity index (χ1) is 8.56. The van der Waals surface area contributed by atoms with Gasteiger partial charge >= 0.3 is 5.97 Å². The van der Waals surface area contributed by atoms with Gasteiger partial charge in [-0.3, -0.25) is 0 Å². The first-order valence-electron chi connectivity index (χ1n) is 6.16. The quantitative estimate of drug-likeness (QED) is 0.856. The number of aryl methyl sites for hydroxylation is 1. The molecule has 1 fully saturated rings. The number of carboxylic acids is 1. The van der Waals surface area contributed by atoms with Crippen LogP contribution in [0.4, 0.5) is 5.82 Å². The Morgan fingerprint density at radius 3 is 3.00 bits per heavy atom. The minimum absolute atomic E-state index is 0.128. The number of aromatic carboxylic acids is 1. The predicted molar refractivity (Wildman–Crippen MR) is 68.0 cm³/mol. The lowest BCUT2D eigenvalue weighted by Gasteiger charge is -2.20. The van der Waals surface area contributed by atoms with Crippen molar-refractivity contribution in [3.8, 4) is 0 Å². The molecule has 0 aromatic carbocycles. The van der Waals surface area contributed by atoms with E-state index in [0.29, 0.717) is 11.5 Å². The van der Waals surface area contributed by atoms with Crippen molar-refractivity contribution in [3.05, 3.63) is 23.4 Å². The normalized spacial score (nSPS) is 20.7. The summed E-state index contributed by atoms with van der Waals surface area (Å²) in [7, 11) is 0. The molecule has 0 bridgehead atoms. The molecule has 5 nitrogen and oxygen atoms in total. The molecule has 2 atom stereocenters. The number of rotatable bonds is 4. The molecule has 2 unspecified atom stereocenters. The second-order valence-corrected chi connectivity index (χ2v) is 4.67. The summed E-state index contributed by atoms with van der Waals surface area (Å²) in [6.07, 6.45) is 2.30. The van der Waals surface area contributed by atoms with Crippen molar-refractivity contribution in [2.24, 2.45) is 0 Å². The van der Waals surface area contributed by atoms with E-state index in [1.807, 2.05) is 6.92 Å². The summed E-state index contributed by atoms with van der Waals surface area (Å²) in [5.41, 5.74) is 0.946. The van der Waals surface area contributed by atoms with Crippen LogP contribution in [0, 0.1) is 6.92 Å². The first-order valence-corrected chi connectivity index (χ1v) is 6.16. The van der Waals surface area contributed by atoms with Crippen LogP contribution in [0.5, 0.6) is 0 Å². The summed E-state index contributed by atoms with van der Waals surface area (Å²) < 4.78 is 5.59. The number of ether oxygens (including phenoxy) is 1. The Hall–Kier alpha value is -1.62. The van der Waals surface area contributed by atoms with Gasteiger partial charge in [0, 0.05) is 12.3 Å². The van der Waals surface area contributed by atoms with Gasteiger partial charge in [-0.15, -0.1) is 0 Å². The Morgan fingerprint density at radius 1 is 1.61 bits per heavy atom. The highest BCUT2D eigenvalue weighted by molar-refractivity contribution is 5.88. The molecule has 0 radical (unpaired) electrons. The van der Waals surface area contributed by atoms with Crippen molar-refractivity contribution in [2.75, 3.05) is 11.9 Å². The fourth-order valence-electron chi connectivity index (χ4n) is 2.19. The number of aromatic nitrogens is 1. The Bertz CT molecular complexity index is 442. The summed E-state index contributed by atoms with van der Waals surface area (Å²) in [4.78, 5) is 15.3. The molecule has 1 saturated heterocycles.